The van der Waals surface area contributed by atoms with Gasteiger partial charge in [-0.1, -0.05) is 35.9 Å². The molecule has 1 aliphatic rings. The molecule has 0 aliphatic carbocycles. The standard InChI is InChI=1S/C19H24N2O2S/c1-16-10-12-19(13-11-16)24(22,23)21-14-6-9-18(21)15-20(2)17-7-4-3-5-8-17/h3-5,7-8,10-13,18H,6,9,14-15H2,1-2H3. The van der Waals surface area contributed by atoms with Gasteiger partial charge in [-0.2, -0.15) is 4.31 Å². The van der Waals surface area contributed by atoms with Crippen LogP contribution >= 0.6 is 0 Å². The predicted octanol–water partition coefficient (Wildman–Crippen LogP) is 3.28. The zero-order valence-corrected chi connectivity index (χ0v) is 15.0. The number of benzene rings is 2. The SMILES string of the molecule is Cc1ccc(S(=O)(=O)N2CCCC2CN(C)c2ccccc2)cc1. The van der Waals surface area contributed by atoms with Crippen molar-refractivity contribution in [1.29, 1.82) is 0 Å². The molecule has 0 amide bonds. The summed E-state index contributed by atoms with van der Waals surface area (Å²) in [5.41, 5.74) is 2.17. The second-order valence-electron chi connectivity index (χ2n) is 6.44. The maximum absolute atomic E-state index is 13.0. The Hall–Kier alpha value is -1.85. The molecule has 4 nitrogen and oxygen atoms in total. The normalized spacial score (nSPS) is 18.7. The molecule has 1 unspecified atom stereocenters. The maximum Gasteiger partial charge on any atom is 0.243 e. The second kappa shape index (κ2) is 6.95. The summed E-state index contributed by atoms with van der Waals surface area (Å²) in [7, 11) is -1.41. The van der Waals surface area contributed by atoms with Crippen LogP contribution < -0.4 is 4.90 Å². The van der Waals surface area contributed by atoms with Crippen molar-refractivity contribution in [1.82, 2.24) is 4.31 Å². The Labute approximate surface area is 144 Å². The summed E-state index contributed by atoms with van der Waals surface area (Å²) in [6.07, 6.45) is 1.82. The minimum Gasteiger partial charge on any atom is -0.373 e. The van der Waals surface area contributed by atoms with Gasteiger partial charge in [0.25, 0.3) is 0 Å². The van der Waals surface area contributed by atoms with E-state index < -0.39 is 10.0 Å². The minimum atomic E-state index is -3.43. The first-order valence-electron chi connectivity index (χ1n) is 8.33. The number of sulfonamides is 1. The molecular formula is C19H24N2O2S. The minimum absolute atomic E-state index is 0.0153. The number of hydrogen-bond acceptors (Lipinski definition) is 3. The maximum atomic E-state index is 13.0. The van der Waals surface area contributed by atoms with E-state index in [-0.39, 0.29) is 6.04 Å². The third-order valence-corrected chi connectivity index (χ3v) is 6.60. The Bertz CT molecular complexity index is 773. The van der Waals surface area contributed by atoms with E-state index in [9.17, 15) is 8.42 Å². The number of aryl methyl sites for hydroxylation is 1. The van der Waals surface area contributed by atoms with Crippen LogP contribution in [0.25, 0.3) is 0 Å². The van der Waals surface area contributed by atoms with Crippen LogP contribution in [0, 0.1) is 6.92 Å². The van der Waals surface area contributed by atoms with Crippen molar-refractivity contribution in [2.75, 3.05) is 25.0 Å². The molecule has 0 bridgehead atoms. The van der Waals surface area contributed by atoms with Gasteiger partial charge in [0.05, 0.1) is 4.90 Å². The van der Waals surface area contributed by atoms with Crippen LogP contribution in [0.2, 0.25) is 0 Å². The molecule has 1 heterocycles. The summed E-state index contributed by atoms with van der Waals surface area (Å²) < 4.78 is 27.6. The first-order valence-corrected chi connectivity index (χ1v) is 9.77. The summed E-state index contributed by atoms with van der Waals surface area (Å²) in [5.74, 6) is 0. The summed E-state index contributed by atoms with van der Waals surface area (Å²) in [4.78, 5) is 2.52. The lowest BCUT2D eigenvalue weighted by Crippen LogP contribution is -2.42. The van der Waals surface area contributed by atoms with E-state index in [0.717, 1.165) is 24.1 Å². The first kappa shape index (κ1) is 17.0. The lowest BCUT2D eigenvalue weighted by molar-refractivity contribution is 0.389. The Morgan fingerprint density at radius 1 is 1.08 bits per heavy atom. The summed E-state index contributed by atoms with van der Waals surface area (Å²) in [6.45, 7) is 3.27. The number of hydrogen-bond donors (Lipinski definition) is 0. The van der Waals surface area contributed by atoms with E-state index in [0.29, 0.717) is 18.0 Å². The highest BCUT2D eigenvalue weighted by atomic mass is 32.2. The summed E-state index contributed by atoms with van der Waals surface area (Å²) >= 11 is 0. The van der Waals surface area contributed by atoms with Crippen LogP contribution in [-0.2, 0) is 10.0 Å². The largest absolute Gasteiger partial charge is 0.373 e. The summed E-state index contributed by atoms with van der Waals surface area (Å²) in [5, 5.41) is 0. The van der Waals surface area contributed by atoms with Crippen molar-refractivity contribution in [3.63, 3.8) is 0 Å². The molecule has 0 saturated carbocycles. The fraction of sp³-hybridized carbons (Fsp3) is 0.368. The van der Waals surface area contributed by atoms with Gasteiger partial charge >= 0.3 is 0 Å². The molecule has 2 aromatic rings. The molecule has 5 heteroatoms. The van der Waals surface area contributed by atoms with Crippen molar-refractivity contribution in [2.45, 2.75) is 30.7 Å². The van der Waals surface area contributed by atoms with Gasteiger partial charge < -0.3 is 4.90 Å². The molecule has 128 valence electrons. The van der Waals surface area contributed by atoms with E-state index >= 15 is 0 Å². The molecule has 2 aromatic carbocycles. The molecule has 1 aliphatic heterocycles. The van der Waals surface area contributed by atoms with Gasteiger partial charge in [0.15, 0.2) is 0 Å². The van der Waals surface area contributed by atoms with Crippen molar-refractivity contribution < 1.29 is 8.42 Å². The van der Waals surface area contributed by atoms with Gasteiger partial charge in [0.2, 0.25) is 10.0 Å². The van der Waals surface area contributed by atoms with Crippen molar-refractivity contribution in [2.24, 2.45) is 0 Å². The molecule has 1 fully saturated rings. The highest BCUT2D eigenvalue weighted by molar-refractivity contribution is 7.89. The highest BCUT2D eigenvalue weighted by Gasteiger charge is 2.35. The van der Waals surface area contributed by atoms with Gasteiger partial charge in [0, 0.05) is 31.9 Å². The lowest BCUT2D eigenvalue weighted by Gasteiger charge is -2.29. The first-order chi connectivity index (χ1) is 11.5. The van der Waals surface area contributed by atoms with E-state index in [2.05, 4.69) is 4.90 Å². The topological polar surface area (TPSA) is 40.6 Å². The molecule has 1 saturated heterocycles. The van der Waals surface area contributed by atoms with E-state index in [1.165, 1.54) is 0 Å². The van der Waals surface area contributed by atoms with E-state index in [4.69, 9.17) is 0 Å². The zero-order valence-electron chi connectivity index (χ0n) is 14.2. The van der Waals surface area contributed by atoms with Crippen LogP contribution in [-0.4, -0.2) is 38.9 Å². The quantitative estimate of drug-likeness (QED) is 0.836. The molecule has 0 aromatic heterocycles. The van der Waals surface area contributed by atoms with E-state index in [1.807, 2.05) is 56.4 Å². The van der Waals surface area contributed by atoms with Crippen molar-refractivity contribution >= 4 is 15.7 Å². The number of likely N-dealkylation sites (N-methyl/N-ethyl adjacent to an activating group) is 1. The highest BCUT2D eigenvalue weighted by Crippen LogP contribution is 2.27. The molecule has 0 N–H and O–H groups in total. The number of nitrogens with zero attached hydrogens (tertiary/aromatic N) is 2. The van der Waals surface area contributed by atoms with E-state index in [1.54, 1.807) is 16.4 Å². The van der Waals surface area contributed by atoms with Gasteiger partial charge in [-0.05, 0) is 44.0 Å². The second-order valence-corrected chi connectivity index (χ2v) is 8.33. The molecule has 3 rings (SSSR count). The predicted molar refractivity (Wildman–Crippen MR) is 97.8 cm³/mol. The molecule has 1 atom stereocenters. The number of rotatable bonds is 5. The van der Waals surface area contributed by atoms with Gasteiger partial charge in [-0.15, -0.1) is 0 Å². The van der Waals surface area contributed by atoms with Crippen LogP contribution in [0.15, 0.2) is 59.5 Å². The lowest BCUT2D eigenvalue weighted by atomic mass is 10.2. The number of para-hydroxylation sites is 1. The molecular weight excluding hydrogens is 320 g/mol. The summed E-state index contributed by atoms with van der Waals surface area (Å²) in [6, 6.07) is 17.2. The zero-order chi connectivity index (χ0) is 17.2. The smallest absolute Gasteiger partial charge is 0.243 e. The monoisotopic (exact) mass is 344 g/mol. The Morgan fingerprint density at radius 2 is 1.75 bits per heavy atom. The van der Waals surface area contributed by atoms with Crippen molar-refractivity contribution in [3.8, 4) is 0 Å². The Balaban J connectivity index is 1.79. The van der Waals surface area contributed by atoms with Crippen LogP contribution in [0.5, 0.6) is 0 Å². The van der Waals surface area contributed by atoms with Crippen LogP contribution in [0.3, 0.4) is 0 Å². The van der Waals surface area contributed by atoms with Crippen LogP contribution in [0.1, 0.15) is 18.4 Å². The third-order valence-electron chi connectivity index (χ3n) is 4.63. The van der Waals surface area contributed by atoms with Gasteiger partial charge in [0.1, 0.15) is 0 Å². The fourth-order valence-electron chi connectivity index (χ4n) is 3.26. The Morgan fingerprint density at radius 3 is 2.42 bits per heavy atom. The average Bonchev–Trinajstić information content (AvgIpc) is 3.05. The third kappa shape index (κ3) is 3.47. The average molecular weight is 344 g/mol. The molecule has 0 spiro atoms. The van der Waals surface area contributed by atoms with Gasteiger partial charge in [-0.25, -0.2) is 8.42 Å². The van der Waals surface area contributed by atoms with Gasteiger partial charge in [-0.3, -0.25) is 0 Å². The number of anilines is 1. The molecule has 0 radical (unpaired) electrons. The van der Waals surface area contributed by atoms with Crippen LogP contribution in [0.4, 0.5) is 5.69 Å². The Kier molecular flexibility index (Phi) is 4.92. The van der Waals surface area contributed by atoms with Crippen molar-refractivity contribution in [3.05, 3.63) is 60.2 Å². The fourth-order valence-corrected chi connectivity index (χ4v) is 4.94. The molecule has 24 heavy (non-hydrogen) atoms.